The van der Waals surface area contributed by atoms with Crippen molar-refractivity contribution in [2.75, 3.05) is 6.54 Å². The molecule has 0 saturated heterocycles. The molecule has 2 nitrogen and oxygen atoms in total. The largest absolute Gasteiger partial charge is 0.326 e. The average molecular weight is 238 g/mol. The van der Waals surface area contributed by atoms with Crippen LogP contribution in [0.25, 0.3) is 0 Å². The lowest BCUT2D eigenvalue weighted by Crippen LogP contribution is -2.41. The van der Waals surface area contributed by atoms with Gasteiger partial charge in [-0.1, -0.05) is 6.92 Å². The van der Waals surface area contributed by atoms with E-state index in [1.54, 1.807) is 11.3 Å². The molecule has 0 amide bonds. The molecule has 90 valence electrons. The minimum absolute atomic E-state index is 0.210. The predicted molar refractivity (Wildman–Crippen MR) is 70.7 cm³/mol. The van der Waals surface area contributed by atoms with Gasteiger partial charge in [-0.05, 0) is 55.1 Å². The second-order valence-corrected chi connectivity index (χ2v) is 5.61. The summed E-state index contributed by atoms with van der Waals surface area (Å²) in [5, 5.41) is 4.40. The van der Waals surface area contributed by atoms with Gasteiger partial charge in [-0.2, -0.15) is 11.3 Å². The van der Waals surface area contributed by atoms with Crippen LogP contribution in [0.1, 0.15) is 44.7 Å². The van der Waals surface area contributed by atoms with E-state index >= 15 is 0 Å². The third kappa shape index (κ3) is 2.65. The maximum absolute atomic E-state index is 6.19. The quantitative estimate of drug-likeness (QED) is 0.825. The van der Waals surface area contributed by atoms with Crippen LogP contribution in [0.3, 0.4) is 0 Å². The lowest BCUT2D eigenvalue weighted by Gasteiger charge is -2.34. The topological polar surface area (TPSA) is 29.3 Å². The Morgan fingerprint density at radius 2 is 2.31 bits per heavy atom. The van der Waals surface area contributed by atoms with Crippen LogP contribution in [-0.2, 0) is 0 Å². The van der Waals surface area contributed by atoms with Gasteiger partial charge in [0.2, 0.25) is 0 Å². The highest BCUT2D eigenvalue weighted by Crippen LogP contribution is 2.36. The summed E-state index contributed by atoms with van der Waals surface area (Å²) in [6, 6.07) is 3.64. The van der Waals surface area contributed by atoms with Crippen molar-refractivity contribution in [1.29, 1.82) is 0 Å². The molecule has 3 heteroatoms. The molecule has 2 atom stereocenters. The fraction of sp³-hybridized carbons (Fsp3) is 0.692. The molecule has 1 aromatic heterocycles. The van der Waals surface area contributed by atoms with Crippen molar-refractivity contribution in [2.45, 2.75) is 51.2 Å². The van der Waals surface area contributed by atoms with Crippen LogP contribution in [0.4, 0.5) is 0 Å². The predicted octanol–water partition coefficient (Wildman–Crippen LogP) is 3.01. The first-order valence-electron chi connectivity index (χ1n) is 6.27. The smallest absolute Gasteiger partial charge is 0.0507 e. The van der Waals surface area contributed by atoms with Gasteiger partial charge in [0.05, 0.1) is 6.04 Å². The van der Waals surface area contributed by atoms with Crippen LogP contribution in [-0.4, -0.2) is 23.5 Å². The maximum Gasteiger partial charge on any atom is 0.0507 e. The summed E-state index contributed by atoms with van der Waals surface area (Å²) in [6.45, 7) is 5.56. The van der Waals surface area contributed by atoms with Gasteiger partial charge in [0.1, 0.15) is 0 Å². The SMILES string of the molecule is CCCN(C1CC1)C(c1ccsc1)C(C)N. The normalized spacial score (nSPS) is 20.0. The van der Waals surface area contributed by atoms with Gasteiger partial charge in [0.25, 0.3) is 0 Å². The van der Waals surface area contributed by atoms with Gasteiger partial charge in [0.15, 0.2) is 0 Å². The number of nitrogens with zero attached hydrogens (tertiary/aromatic N) is 1. The van der Waals surface area contributed by atoms with E-state index in [0.717, 1.165) is 6.04 Å². The molecule has 1 saturated carbocycles. The van der Waals surface area contributed by atoms with Crippen molar-refractivity contribution in [3.63, 3.8) is 0 Å². The molecule has 0 bridgehead atoms. The van der Waals surface area contributed by atoms with Crippen LogP contribution < -0.4 is 5.73 Å². The molecular weight excluding hydrogens is 216 g/mol. The van der Waals surface area contributed by atoms with Crippen molar-refractivity contribution in [1.82, 2.24) is 4.90 Å². The first-order chi connectivity index (χ1) is 7.74. The summed E-state index contributed by atoms with van der Waals surface area (Å²) in [5.74, 6) is 0. The molecule has 1 aromatic rings. The summed E-state index contributed by atoms with van der Waals surface area (Å²) in [6.07, 6.45) is 3.92. The van der Waals surface area contributed by atoms with Crippen LogP contribution in [0, 0.1) is 0 Å². The Morgan fingerprint density at radius 3 is 2.75 bits per heavy atom. The second kappa shape index (κ2) is 5.30. The zero-order valence-electron chi connectivity index (χ0n) is 10.2. The van der Waals surface area contributed by atoms with Gasteiger partial charge in [-0.3, -0.25) is 4.90 Å². The van der Waals surface area contributed by atoms with E-state index in [-0.39, 0.29) is 6.04 Å². The van der Waals surface area contributed by atoms with E-state index in [4.69, 9.17) is 5.73 Å². The van der Waals surface area contributed by atoms with Crippen molar-refractivity contribution < 1.29 is 0 Å². The lowest BCUT2D eigenvalue weighted by atomic mass is 10.0. The number of rotatable bonds is 6. The van der Waals surface area contributed by atoms with Gasteiger partial charge >= 0.3 is 0 Å². The van der Waals surface area contributed by atoms with Crippen molar-refractivity contribution in [2.24, 2.45) is 5.73 Å². The van der Waals surface area contributed by atoms with Gasteiger partial charge in [0, 0.05) is 12.1 Å². The van der Waals surface area contributed by atoms with Gasteiger partial charge in [-0.25, -0.2) is 0 Å². The van der Waals surface area contributed by atoms with E-state index in [9.17, 15) is 0 Å². The molecule has 2 N–H and O–H groups in total. The third-order valence-electron chi connectivity index (χ3n) is 3.24. The molecule has 0 aliphatic heterocycles. The molecule has 16 heavy (non-hydrogen) atoms. The monoisotopic (exact) mass is 238 g/mol. The minimum Gasteiger partial charge on any atom is -0.326 e. The molecule has 0 spiro atoms. The van der Waals surface area contributed by atoms with Crippen LogP contribution in [0.2, 0.25) is 0 Å². The van der Waals surface area contributed by atoms with Crippen LogP contribution >= 0.6 is 11.3 Å². The standard InChI is InChI=1S/C13H22N2S/c1-3-7-15(12-4-5-12)13(10(2)14)11-6-8-16-9-11/h6,8-10,12-13H,3-5,7,14H2,1-2H3. The lowest BCUT2D eigenvalue weighted by molar-refractivity contribution is 0.167. The second-order valence-electron chi connectivity index (χ2n) is 4.83. The third-order valence-corrected chi connectivity index (χ3v) is 3.94. The van der Waals surface area contributed by atoms with Crippen LogP contribution in [0.5, 0.6) is 0 Å². The average Bonchev–Trinajstić information content (AvgIpc) is 2.95. The maximum atomic E-state index is 6.19. The molecule has 0 radical (unpaired) electrons. The zero-order chi connectivity index (χ0) is 11.5. The molecule has 1 fully saturated rings. The zero-order valence-corrected chi connectivity index (χ0v) is 11.0. The Morgan fingerprint density at radius 1 is 1.56 bits per heavy atom. The molecule has 1 heterocycles. The Labute approximate surface area is 102 Å². The number of hydrogen-bond donors (Lipinski definition) is 1. The number of nitrogens with two attached hydrogens (primary N) is 1. The Bertz CT molecular complexity index is 304. The molecular formula is C13H22N2S. The highest BCUT2D eigenvalue weighted by atomic mass is 32.1. The van der Waals surface area contributed by atoms with E-state index in [2.05, 4.69) is 35.6 Å². The summed E-state index contributed by atoms with van der Waals surface area (Å²) in [5.41, 5.74) is 7.59. The van der Waals surface area contributed by atoms with Crippen LogP contribution in [0.15, 0.2) is 16.8 Å². The summed E-state index contributed by atoms with van der Waals surface area (Å²) >= 11 is 1.77. The number of thiophene rings is 1. The Hall–Kier alpha value is -0.380. The summed E-state index contributed by atoms with van der Waals surface area (Å²) < 4.78 is 0. The molecule has 2 unspecified atom stereocenters. The van der Waals surface area contributed by atoms with E-state index in [0.29, 0.717) is 6.04 Å². The Balaban J connectivity index is 2.16. The van der Waals surface area contributed by atoms with E-state index < -0.39 is 0 Å². The molecule has 2 rings (SSSR count). The van der Waals surface area contributed by atoms with E-state index in [1.807, 2.05) is 0 Å². The highest BCUT2D eigenvalue weighted by Gasteiger charge is 2.35. The Kier molecular flexibility index (Phi) is 4.00. The van der Waals surface area contributed by atoms with Crippen molar-refractivity contribution >= 4 is 11.3 Å². The van der Waals surface area contributed by atoms with Crippen molar-refractivity contribution in [3.8, 4) is 0 Å². The molecule has 1 aliphatic rings. The first-order valence-corrected chi connectivity index (χ1v) is 7.21. The first kappa shape index (κ1) is 12.1. The van der Waals surface area contributed by atoms with Crippen molar-refractivity contribution in [3.05, 3.63) is 22.4 Å². The number of hydrogen-bond acceptors (Lipinski definition) is 3. The highest BCUT2D eigenvalue weighted by molar-refractivity contribution is 7.07. The summed E-state index contributed by atoms with van der Waals surface area (Å²) in [7, 11) is 0. The van der Waals surface area contributed by atoms with E-state index in [1.165, 1.54) is 31.4 Å². The summed E-state index contributed by atoms with van der Waals surface area (Å²) in [4.78, 5) is 2.62. The molecule has 0 aromatic carbocycles. The fourth-order valence-corrected chi connectivity index (χ4v) is 3.14. The minimum atomic E-state index is 0.210. The fourth-order valence-electron chi connectivity index (χ4n) is 2.45. The van der Waals surface area contributed by atoms with Gasteiger partial charge in [-0.15, -0.1) is 0 Å². The van der Waals surface area contributed by atoms with Gasteiger partial charge < -0.3 is 5.73 Å². The molecule has 1 aliphatic carbocycles.